The van der Waals surface area contributed by atoms with E-state index in [2.05, 4.69) is 12.3 Å². The molecular weight excluding hydrogens is 1180 g/mol. The molecule has 20 bridgehead atoms. The van der Waals surface area contributed by atoms with Crippen molar-refractivity contribution in [3.63, 3.8) is 0 Å². The molecule has 0 N–H and O–H groups in total. The number of Topliss-reactive ketones (excluding diaryl/α,β-unsaturated/α-hetero) is 2. The van der Waals surface area contributed by atoms with Crippen LogP contribution in [0.2, 0.25) is 0 Å². The molecule has 16 rings (SSSR count). The second-order valence-corrected chi connectivity index (χ2v) is 21.5. The van der Waals surface area contributed by atoms with Crippen molar-refractivity contribution in [2.75, 3.05) is 13.2 Å². The quantitative estimate of drug-likeness (QED) is 0.0590. The summed E-state index contributed by atoms with van der Waals surface area (Å²) >= 11 is 0. The molecule has 0 saturated carbocycles. The lowest BCUT2D eigenvalue weighted by Crippen LogP contribution is -2.21. The van der Waals surface area contributed by atoms with Gasteiger partial charge in [-0.1, -0.05) is 64.5 Å². The Kier molecular flexibility index (Phi) is 17.5. The topological polar surface area (TPSA) is 372 Å². The van der Waals surface area contributed by atoms with E-state index in [4.69, 9.17) is 58.4 Å². The summed E-state index contributed by atoms with van der Waals surface area (Å²) in [7, 11) is 0. The lowest BCUT2D eigenvalue weighted by molar-refractivity contribution is 0.0943. The van der Waals surface area contributed by atoms with Crippen molar-refractivity contribution in [3.8, 4) is 11.5 Å². The van der Waals surface area contributed by atoms with Crippen LogP contribution in [0.5, 0.6) is 11.5 Å². The van der Waals surface area contributed by atoms with E-state index in [1.54, 1.807) is 0 Å². The number of rotatable bonds is 0. The van der Waals surface area contributed by atoms with Crippen molar-refractivity contribution in [2.24, 2.45) is 0 Å². The summed E-state index contributed by atoms with van der Waals surface area (Å²) in [4.78, 5) is 171. The summed E-state index contributed by atoms with van der Waals surface area (Å²) in [5, 5.41) is -1.78. The lowest BCUT2D eigenvalue weighted by Gasteiger charge is -2.14. The van der Waals surface area contributed by atoms with E-state index in [-0.39, 0.29) is 72.5 Å². The van der Waals surface area contributed by atoms with Gasteiger partial charge in [0.1, 0.15) is 38.8 Å². The standard InChI is InChI=1S/C30H24O12.C29H22O12.C4H2O.C2H6/c31-14-10-6-1-2-7-11-15-13-9-5-3-4-8-12-37-22-17(33)25-26(39-21(14)22)19(35)29-30(41-25)20(36)28-27(42-29)18(34)24(38-15)23(40-28)16(13)32;30-13-9-6-7-11-36-20-12-8-4-2-1-3-5-10-14-15(13)21-17(26(32)37-14)23-19(28(34)39-21)24-18(29(35)41-23)22(38-25(12)31)16(20)27(33)40-24;1-2-3-4-5;1-2/h1-12H2;1-11H2;1H2;1-2H3. The molecule has 0 aromatic carbocycles. The summed E-state index contributed by atoms with van der Waals surface area (Å²) in [6.45, 7) is 7.17. The molecule has 6 aliphatic rings. The number of fused-ring (bicyclic) bond motifs is 14. The highest BCUT2D eigenvalue weighted by molar-refractivity contribution is 6.17. The summed E-state index contributed by atoms with van der Waals surface area (Å²) in [6, 6.07) is 0. The fraction of sp³-hybridized carbons (Fsp3) is 0.385. The molecule has 25 heteroatoms. The predicted octanol–water partition coefficient (Wildman–Crippen LogP) is 9.45. The van der Waals surface area contributed by atoms with E-state index in [1.165, 1.54) is 5.94 Å². The minimum Gasteiger partial charge on any atom is -0.492 e. The number of carbonyl (C=O) groups excluding carboxylic acids is 3. The Hall–Kier alpha value is -10.5. The zero-order chi connectivity index (χ0) is 63.7. The molecule has 0 aliphatic carbocycles. The van der Waals surface area contributed by atoms with Crippen LogP contribution < -0.4 is 64.7 Å². The molecule has 0 spiro atoms. The van der Waals surface area contributed by atoms with Gasteiger partial charge in [-0.15, -0.1) is 0 Å². The largest absolute Gasteiger partial charge is 0.492 e. The van der Waals surface area contributed by atoms with Crippen molar-refractivity contribution in [3.05, 3.63) is 155 Å². The molecule has 16 heterocycles. The Balaban J connectivity index is 0.000000168. The summed E-state index contributed by atoms with van der Waals surface area (Å²) < 4.78 is 67.9. The molecule has 0 amide bonds. The first-order valence-electron chi connectivity index (χ1n) is 29.7. The second-order valence-electron chi connectivity index (χ2n) is 21.5. The third kappa shape index (κ3) is 10.9. The Morgan fingerprint density at radius 2 is 0.722 bits per heavy atom. The van der Waals surface area contributed by atoms with Crippen LogP contribution in [0.15, 0.2) is 110 Å². The smallest absolute Gasteiger partial charge is 0.351 e. The minimum absolute atomic E-state index is 0.000990. The van der Waals surface area contributed by atoms with Gasteiger partial charge in [0.05, 0.1) is 24.3 Å². The molecule has 6 aliphatic heterocycles. The van der Waals surface area contributed by atoms with Gasteiger partial charge < -0.3 is 53.6 Å². The number of ether oxygens (including phenoxy) is 2. The van der Waals surface area contributed by atoms with Crippen LogP contribution in [0.4, 0.5) is 0 Å². The highest BCUT2D eigenvalue weighted by Crippen LogP contribution is 2.36. The van der Waals surface area contributed by atoms with E-state index < -0.39 is 156 Å². The highest BCUT2D eigenvalue weighted by Gasteiger charge is 2.33. The molecule has 0 unspecified atom stereocenters. The SMILES string of the molecule is C=C=C=C=O.CC.O=C1CCCCCCc2oc3c(=O)c4oc5c(=O)c6oc1c1c(=O)c6oc5c(=O)c4oc3c(=O)c2CCCCCCO1.O=C1CCCCOc2c3c(=O)oc4c2c(=O)oc2c4c(=O)oc4c5c(=O)oc(c1c5oc(=O)c42)CCCCCCC3. The third-order valence-electron chi connectivity index (χ3n) is 15.9. The van der Waals surface area contributed by atoms with Gasteiger partial charge >= 0.3 is 28.1 Å². The maximum atomic E-state index is 13.7. The number of carbonyl (C=O) groups is 2. The third-order valence-corrected chi connectivity index (χ3v) is 15.9. The van der Waals surface area contributed by atoms with Gasteiger partial charge in [-0.3, -0.25) is 33.6 Å². The first-order chi connectivity index (χ1) is 43.6. The number of aryl methyl sites for hydroxylation is 2. The molecule has 25 nitrogen and oxygen atoms in total. The Bertz CT molecular complexity index is 5420. The predicted molar refractivity (Wildman–Crippen MR) is 321 cm³/mol. The van der Waals surface area contributed by atoms with Crippen LogP contribution in [-0.4, -0.2) is 30.7 Å². The normalized spacial score (nSPS) is 15.5. The maximum Gasteiger partial charge on any atom is 0.351 e. The molecule has 0 atom stereocenters. The average Bonchev–Trinajstić information content (AvgIpc) is 0.736. The molecule has 0 fully saturated rings. The Labute approximate surface area is 501 Å². The van der Waals surface area contributed by atoms with Gasteiger partial charge in [0.25, 0.3) is 21.7 Å². The monoisotopic (exact) mass is 1230 g/mol. The zero-order valence-electron chi connectivity index (χ0n) is 48.7. The van der Waals surface area contributed by atoms with Crippen LogP contribution in [0.1, 0.15) is 167 Å². The lowest BCUT2D eigenvalue weighted by atomic mass is 9.99. The van der Waals surface area contributed by atoms with Crippen LogP contribution in [0, 0.1) is 0 Å². The van der Waals surface area contributed by atoms with Crippen LogP contribution in [0.25, 0.3) is 88.5 Å². The summed E-state index contributed by atoms with van der Waals surface area (Å²) in [5.41, 5.74) is -12.2. The van der Waals surface area contributed by atoms with Gasteiger partial charge in [-0.25, -0.2) is 28.8 Å². The summed E-state index contributed by atoms with van der Waals surface area (Å²) in [6.07, 6.45) is 10.3. The molecule has 0 radical (unpaired) electrons. The number of hydrogen-bond acceptors (Lipinski definition) is 25. The first kappa shape index (κ1) is 61.2. The molecule has 464 valence electrons. The Morgan fingerprint density at radius 1 is 0.322 bits per heavy atom. The van der Waals surface area contributed by atoms with Gasteiger partial charge in [0.2, 0.25) is 67.4 Å². The van der Waals surface area contributed by atoms with Gasteiger partial charge in [0.15, 0.2) is 34.1 Å². The minimum atomic E-state index is -1.16. The maximum absolute atomic E-state index is 13.7. The molecule has 0 saturated heterocycles. The van der Waals surface area contributed by atoms with E-state index in [9.17, 15) is 57.5 Å². The molecule has 10 aromatic rings. The Morgan fingerprint density at radius 3 is 1.31 bits per heavy atom. The van der Waals surface area contributed by atoms with E-state index >= 15 is 0 Å². The van der Waals surface area contributed by atoms with Crippen LogP contribution >= 0.6 is 0 Å². The molecular formula is C65H54O25. The average molecular weight is 1240 g/mol. The van der Waals surface area contributed by atoms with Gasteiger partial charge in [-0.2, -0.15) is 0 Å². The highest BCUT2D eigenvalue weighted by atomic mass is 16.5. The number of ketones is 2. The van der Waals surface area contributed by atoms with Crippen molar-refractivity contribution in [1.82, 2.24) is 0 Å². The zero-order valence-corrected chi connectivity index (χ0v) is 48.7. The fourth-order valence-electron chi connectivity index (χ4n) is 11.6. The van der Waals surface area contributed by atoms with Crippen LogP contribution in [0.3, 0.4) is 0 Å². The van der Waals surface area contributed by atoms with E-state index in [0.717, 1.165) is 19.3 Å². The molecule has 10 aromatic heterocycles. The van der Waals surface area contributed by atoms with E-state index in [1.807, 2.05) is 19.6 Å². The van der Waals surface area contributed by atoms with Crippen molar-refractivity contribution >= 4 is 106 Å². The second kappa shape index (κ2) is 25.7. The molecule has 90 heavy (non-hydrogen) atoms. The van der Waals surface area contributed by atoms with E-state index in [0.29, 0.717) is 101 Å². The fourth-order valence-corrected chi connectivity index (χ4v) is 11.6. The van der Waals surface area contributed by atoms with Gasteiger partial charge in [-0.05, 0) is 70.8 Å². The summed E-state index contributed by atoms with van der Waals surface area (Å²) in [5.74, 6) is -0.0434. The van der Waals surface area contributed by atoms with Crippen molar-refractivity contribution in [2.45, 2.75) is 149 Å². The first-order valence-corrected chi connectivity index (χ1v) is 29.7. The van der Waals surface area contributed by atoms with Gasteiger partial charge in [0, 0.05) is 37.0 Å². The van der Waals surface area contributed by atoms with Crippen LogP contribution in [-0.2, 0) is 30.5 Å². The van der Waals surface area contributed by atoms with Crippen molar-refractivity contribution in [1.29, 1.82) is 0 Å². The van der Waals surface area contributed by atoms with Crippen molar-refractivity contribution < 1.29 is 68.0 Å². The number of hydrogen-bond donors (Lipinski definition) is 0.